The Kier molecular flexibility index (Phi) is 5.94. The van der Waals surface area contributed by atoms with Crippen LogP contribution in [-0.4, -0.2) is 19.1 Å². The van der Waals surface area contributed by atoms with Crippen molar-refractivity contribution in [3.63, 3.8) is 0 Å². The Morgan fingerprint density at radius 1 is 1.12 bits per heavy atom. The van der Waals surface area contributed by atoms with Gasteiger partial charge < -0.3 is 10.1 Å². The summed E-state index contributed by atoms with van der Waals surface area (Å²) >= 11 is 0. The Hall–Kier alpha value is -2.84. The van der Waals surface area contributed by atoms with Gasteiger partial charge in [-0.25, -0.2) is 0 Å². The second kappa shape index (κ2) is 8.14. The number of carbonyl (C=O) groups excluding carboxylic acids is 1. The summed E-state index contributed by atoms with van der Waals surface area (Å²) in [5, 5.41) is 15.1. The smallest absolute Gasteiger partial charge is 0.241 e. The van der Waals surface area contributed by atoms with Gasteiger partial charge in [0, 0.05) is 11.6 Å². The molecule has 0 bridgehead atoms. The summed E-state index contributed by atoms with van der Waals surface area (Å²) in [7, 11) is 1.63. The number of amides is 1. The first-order chi connectivity index (χ1) is 11.6. The molecule has 0 saturated heterocycles. The van der Waals surface area contributed by atoms with Gasteiger partial charge in [-0.3, -0.25) is 10.1 Å². The molecule has 0 heterocycles. The van der Waals surface area contributed by atoms with Crippen molar-refractivity contribution >= 4 is 11.6 Å². The number of methoxy groups -OCH3 is 1. The maximum atomic E-state index is 12.4. The number of benzene rings is 2. The molecule has 1 amide bonds. The number of ether oxygens (including phenoxy) is 1. The maximum Gasteiger partial charge on any atom is 0.241 e. The quantitative estimate of drug-likeness (QED) is 0.856. The molecule has 0 aliphatic heterocycles. The lowest BCUT2D eigenvalue weighted by atomic mass is 10.1. The van der Waals surface area contributed by atoms with Crippen LogP contribution in [0.15, 0.2) is 48.5 Å². The Morgan fingerprint density at radius 2 is 1.79 bits per heavy atom. The summed E-state index contributed by atoms with van der Waals surface area (Å²) in [6.45, 7) is 3.76. The van der Waals surface area contributed by atoms with E-state index < -0.39 is 6.04 Å². The fourth-order valence-corrected chi connectivity index (χ4v) is 2.50. The van der Waals surface area contributed by atoms with Gasteiger partial charge in [0.25, 0.3) is 0 Å². The van der Waals surface area contributed by atoms with E-state index in [1.807, 2.05) is 31.2 Å². The Bertz CT molecular complexity index is 752. The van der Waals surface area contributed by atoms with Crippen LogP contribution in [-0.2, 0) is 4.79 Å². The second-order valence-electron chi connectivity index (χ2n) is 5.50. The van der Waals surface area contributed by atoms with Crippen molar-refractivity contribution in [3.05, 3.63) is 59.7 Å². The maximum absolute atomic E-state index is 12.4. The number of para-hydroxylation sites is 2. The molecule has 2 atom stereocenters. The van der Waals surface area contributed by atoms with E-state index in [4.69, 9.17) is 10.00 Å². The van der Waals surface area contributed by atoms with Crippen molar-refractivity contribution in [1.82, 2.24) is 5.32 Å². The molecule has 0 spiro atoms. The lowest BCUT2D eigenvalue weighted by molar-refractivity contribution is -0.117. The van der Waals surface area contributed by atoms with E-state index in [2.05, 4.69) is 16.7 Å². The lowest BCUT2D eigenvalue weighted by Crippen LogP contribution is -2.39. The molecule has 2 rings (SSSR count). The molecular weight excluding hydrogens is 302 g/mol. The van der Waals surface area contributed by atoms with E-state index >= 15 is 0 Å². The highest BCUT2D eigenvalue weighted by atomic mass is 16.5. The number of nitrogens with one attached hydrogen (secondary N) is 2. The molecule has 0 radical (unpaired) electrons. The third kappa shape index (κ3) is 4.12. The largest absolute Gasteiger partial charge is 0.496 e. The fourth-order valence-electron chi connectivity index (χ4n) is 2.50. The van der Waals surface area contributed by atoms with Gasteiger partial charge in [0.15, 0.2) is 0 Å². The van der Waals surface area contributed by atoms with E-state index in [0.717, 1.165) is 11.3 Å². The molecule has 24 heavy (non-hydrogen) atoms. The molecule has 124 valence electrons. The molecule has 0 aromatic heterocycles. The van der Waals surface area contributed by atoms with Gasteiger partial charge in [0.1, 0.15) is 11.8 Å². The lowest BCUT2D eigenvalue weighted by Gasteiger charge is -2.21. The van der Waals surface area contributed by atoms with E-state index in [1.54, 1.807) is 38.3 Å². The molecule has 0 aliphatic carbocycles. The van der Waals surface area contributed by atoms with Crippen LogP contribution in [0.4, 0.5) is 5.69 Å². The molecule has 5 heteroatoms. The topological polar surface area (TPSA) is 74.2 Å². The van der Waals surface area contributed by atoms with Crippen molar-refractivity contribution in [2.45, 2.75) is 25.9 Å². The summed E-state index contributed by atoms with van der Waals surface area (Å²) in [6.07, 6.45) is 0. The van der Waals surface area contributed by atoms with Crippen molar-refractivity contribution in [2.24, 2.45) is 0 Å². The van der Waals surface area contributed by atoms with Gasteiger partial charge in [0.05, 0.1) is 24.4 Å². The van der Waals surface area contributed by atoms with Crippen molar-refractivity contribution in [3.8, 4) is 11.8 Å². The minimum atomic E-state index is -0.434. The van der Waals surface area contributed by atoms with Gasteiger partial charge in [-0.1, -0.05) is 30.3 Å². The Labute approximate surface area is 142 Å². The van der Waals surface area contributed by atoms with Crippen LogP contribution in [0, 0.1) is 11.3 Å². The average molecular weight is 323 g/mol. The summed E-state index contributed by atoms with van der Waals surface area (Å²) in [6, 6.07) is 16.2. The zero-order chi connectivity index (χ0) is 17.5. The van der Waals surface area contributed by atoms with Crippen LogP contribution in [0.3, 0.4) is 0 Å². The normalized spacial score (nSPS) is 12.8. The molecule has 0 saturated carbocycles. The number of nitrogens with zero attached hydrogens (tertiary/aromatic N) is 1. The molecule has 2 aromatic carbocycles. The van der Waals surface area contributed by atoms with Gasteiger partial charge in [-0.05, 0) is 32.0 Å². The third-order valence-corrected chi connectivity index (χ3v) is 3.80. The first-order valence-electron chi connectivity index (χ1n) is 7.75. The highest BCUT2D eigenvalue weighted by Crippen LogP contribution is 2.24. The molecular formula is C19H21N3O2. The Balaban J connectivity index is 2.05. The van der Waals surface area contributed by atoms with Crippen LogP contribution in [0.25, 0.3) is 0 Å². The first kappa shape index (κ1) is 17.5. The van der Waals surface area contributed by atoms with Gasteiger partial charge in [0.2, 0.25) is 5.91 Å². The van der Waals surface area contributed by atoms with Crippen molar-refractivity contribution in [2.75, 3.05) is 12.4 Å². The molecule has 0 fully saturated rings. The van der Waals surface area contributed by atoms with E-state index in [-0.39, 0.29) is 11.9 Å². The fraction of sp³-hybridized carbons (Fsp3) is 0.263. The van der Waals surface area contributed by atoms with Crippen LogP contribution in [0.1, 0.15) is 31.0 Å². The zero-order valence-corrected chi connectivity index (χ0v) is 14.0. The van der Waals surface area contributed by atoms with Gasteiger partial charge >= 0.3 is 0 Å². The van der Waals surface area contributed by atoms with E-state index in [1.165, 1.54) is 0 Å². The minimum absolute atomic E-state index is 0.0619. The monoisotopic (exact) mass is 323 g/mol. The van der Waals surface area contributed by atoms with E-state index in [0.29, 0.717) is 11.3 Å². The van der Waals surface area contributed by atoms with Crippen LogP contribution in [0.5, 0.6) is 5.75 Å². The molecule has 2 N–H and O–H groups in total. The highest BCUT2D eigenvalue weighted by Gasteiger charge is 2.19. The van der Waals surface area contributed by atoms with Crippen molar-refractivity contribution < 1.29 is 9.53 Å². The third-order valence-electron chi connectivity index (χ3n) is 3.80. The highest BCUT2D eigenvalue weighted by molar-refractivity contribution is 5.95. The number of hydrogen-bond donors (Lipinski definition) is 2. The Morgan fingerprint density at radius 3 is 2.50 bits per heavy atom. The number of hydrogen-bond acceptors (Lipinski definition) is 4. The summed E-state index contributed by atoms with van der Waals surface area (Å²) in [4.78, 5) is 12.4. The number of anilines is 1. The molecule has 2 aromatic rings. The van der Waals surface area contributed by atoms with E-state index in [9.17, 15) is 4.79 Å². The number of rotatable bonds is 6. The SMILES string of the molecule is COc1ccccc1[C@H](C)N[C@H](C)C(=O)Nc1ccccc1C#N. The zero-order valence-electron chi connectivity index (χ0n) is 14.0. The number of carbonyl (C=O) groups is 1. The summed E-state index contributed by atoms with van der Waals surface area (Å²) in [5.74, 6) is 0.583. The van der Waals surface area contributed by atoms with Gasteiger partial charge in [-0.2, -0.15) is 5.26 Å². The van der Waals surface area contributed by atoms with Crippen LogP contribution < -0.4 is 15.4 Å². The molecule has 5 nitrogen and oxygen atoms in total. The summed E-state index contributed by atoms with van der Waals surface area (Å²) in [5.41, 5.74) is 1.94. The molecule has 0 unspecified atom stereocenters. The van der Waals surface area contributed by atoms with Crippen LogP contribution in [0.2, 0.25) is 0 Å². The summed E-state index contributed by atoms with van der Waals surface area (Å²) < 4.78 is 5.36. The predicted molar refractivity (Wildman–Crippen MR) is 93.8 cm³/mol. The predicted octanol–water partition coefficient (Wildman–Crippen LogP) is 3.24. The van der Waals surface area contributed by atoms with Crippen molar-refractivity contribution in [1.29, 1.82) is 5.26 Å². The number of nitriles is 1. The minimum Gasteiger partial charge on any atom is -0.496 e. The average Bonchev–Trinajstić information content (AvgIpc) is 2.61. The standard InChI is InChI=1S/C19H21N3O2/c1-13(16-9-5-7-11-18(16)24-3)21-14(2)19(23)22-17-10-6-4-8-15(17)12-20/h4-11,13-14,21H,1-3H3,(H,22,23)/t13-,14+/m0/s1. The second-order valence-corrected chi connectivity index (χ2v) is 5.50. The van der Waals surface area contributed by atoms with Gasteiger partial charge in [-0.15, -0.1) is 0 Å². The molecule has 0 aliphatic rings. The van der Waals surface area contributed by atoms with Crippen LogP contribution >= 0.6 is 0 Å². The first-order valence-corrected chi connectivity index (χ1v) is 7.75.